The van der Waals surface area contributed by atoms with E-state index < -0.39 is 0 Å². The molecule has 0 amide bonds. The van der Waals surface area contributed by atoms with Crippen molar-refractivity contribution in [2.24, 2.45) is 0 Å². The van der Waals surface area contributed by atoms with Gasteiger partial charge in [-0.15, -0.1) is 0 Å². The van der Waals surface area contributed by atoms with Crippen molar-refractivity contribution in [3.63, 3.8) is 0 Å². The van der Waals surface area contributed by atoms with Crippen LogP contribution in [0.4, 0.5) is 11.4 Å². The lowest BCUT2D eigenvalue weighted by molar-refractivity contribution is -0.384. The molecular formula is C29H27N5O3S2. The van der Waals surface area contributed by atoms with Gasteiger partial charge in [0.2, 0.25) is 0 Å². The van der Waals surface area contributed by atoms with Crippen molar-refractivity contribution in [1.29, 1.82) is 0 Å². The second kappa shape index (κ2) is 11.2. The molecule has 0 spiro atoms. The molecule has 0 saturated carbocycles. The third-order valence-corrected chi connectivity index (χ3v) is 8.42. The van der Waals surface area contributed by atoms with Gasteiger partial charge in [0.25, 0.3) is 5.69 Å². The minimum Gasteiger partial charge on any atom is -0.376 e. The van der Waals surface area contributed by atoms with Crippen molar-refractivity contribution >= 4 is 40.5 Å². The van der Waals surface area contributed by atoms with Crippen LogP contribution < -0.4 is 10.2 Å². The summed E-state index contributed by atoms with van der Waals surface area (Å²) in [5.41, 5.74) is 3.15. The van der Waals surface area contributed by atoms with E-state index in [1.54, 1.807) is 23.9 Å². The molecule has 1 N–H and O–H groups in total. The molecule has 2 saturated heterocycles. The molecule has 0 radical (unpaired) electrons. The first-order chi connectivity index (χ1) is 19.1. The Morgan fingerprint density at radius 2 is 1.82 bits per heavy atom. The number of nitrogens with one attached hydrogen (secondary N) is 1. The van der Waals surface area contributed by atoms with E-state index in [0.29, 0.717) is 5.11 Å². The highest BCUT2D eigenvalue weighted by Gasteiger charge is 2.42. The molecule has 2 aromatic heterocycles. The Hall–Kier alpha value is -3.73. The minimum atomic E-state index is -0.387. The van der Waals surface area contributed by atoms with Crippen LogP contribution in [0.25, 0.3) is 0 Å². The third-order valence-electron chi connectivity index (χ3n) is 7.09. The number of nitro groups is 1. The molecule has 198 valence electrons. The number of rotatable bonds is 8. The Labute approximate surface area is 236 Å². The van der Waals surface area contributed by atoms with Gasteiger partial charge < -0.3 is 19.5 Å². The molecule has 4 aromatic rings. The van der Waals surface area contributed by atoms with Crippen LogP contribution in [0.2, 0.25) is 0 Å². The number of ether oxygens (including phenoxy) is 1. The number of hydrogen-bond donors (Lipinski definition) is 1. The second-order valence-corrected chi connectivity index (χ2v) is 11.1. The molecule has 10 heteroatoms. The summed E-state index contributed by atoms with van der Waals surface area (Å²) in [6, 6.07) is 24.8. The molecule has 4 heterocycles. The van der Waals surface area contributed by atoms with Crippen LogP contribution >= 0.6 is 24.0 Å². The Morgan fingerprint density at radius 3 is 2.49 bits per heavy atom. The van der Waals surface area contributed by atoms with E-state index in [0.717, 1.165) is 52.9 Å². The van der Waals surface area contributed by atoms with Crippen molar-refractivity contribution in [2.45, 2.75) is 47.4 Å². The van der Waals surface area contributed by atoms with Gasteiger partial charge in [0, 0.05) is 58.9 Å². The summed E-state index contributed by atoms with van der Waals surface area (Å²) in [4.78, 5) is 19.4. The summed E-state index contributed by atoms with van der Waals surface area (Å²) in [5, 5.41) is 15.1. The number of benzene rings is 2. The zero-order chi connectivity index (χ0) is 26.8. The molecule has 0 aliphatic carbocycles. The van der Waals surface area contributed by atoms with Crippen LogP contribution in [0.15, 0.2) is 101 Å². The highest BCUT2D eigenvalue weighted by atomic mass is 32.2. The lowest BCUT2D eigenvalue weighted by Crippen LogP contribution is -2.31. The second-order valence-electron chi connectivity index (χ2n) is 9.56. The van der Waals surface area contributed by atoms with Crippen molar-refractivity contribution in [3.05, 3.63) is 113 Å². The van der Waals surface area contributed by atoms with E-state index in [1.165, 1.54) is 12.1 Å². The number of anilines is 1. The number of thiocarbonyl (C=S) groups is 1. The highest BCUT2D eigenvalue weighted by Crippen LogP contribution is 2.42. The SMILES string of the molecule is O=[N+]([O-])c1ccc(Sc2ccc(N3C(=S)N[C@H](c4ccccn4)[C@@H]3c3cccn3C[C@H]3CCCO3)cc2)cc1. The number of non-ortho nitro benzene ring substituents is 1. The van der Waals surface area contributed by atoms with Gasteiger partial charge in [0.05, 0.1) is 22.8 Å². The summed E-state index contributed by atoms with van der Waals surface area (Å²) in [5.74, 6) is 0. The van der Waals surface area contributed by atoms with Crippen LogP contribution in [0.1, 0.15) is 36.3 Å². The van der Waals surface area contributed by atoms with E-state index in [9.17, 15) is 10.1 Å². The smallest absolute Gasteiger partial charge is 0.269 e. The largest absolute Gasteiger partial charge is 0.376 e. The van der Waals surface area contributed by atoms with Gasteiger partial charge in [0.1, 0.15) is 6.04 Å². The Balaban J connectivity index is 1.30. The molecule has 3 atom stereocenters. The van der Waals surface area contributed by atoms with Crippen molar-refractivity contribution in [1.82, 2.24) is 14.9 Å². The topological polar surface area (TPSA) is 85.5 Å². The predicted octanol–water partition coefficient (Wildman–Crippen LogP) is 6.30. The Bertz CT molecular complexity index is 1450. The van der Waals surface area contributed by atoms with Gasteiger partial charge in [-0.25, -0.2) is 0 Å². The number of aromatic nitrogens is 2. The fourth-order valence-corrected chi connectivity index (χ4v) is 6.41. The van der Waals surface area contributed by atoms with Crippen LogP contribution in [-0.4, -0.2) is 32.3 Å². The predicted molar refractivity (Wildman–Crippen MR) is 155 cm³/mol. The number of nitrogens with zero attached hydrogens (tertiary/aromatic N) is 4. The Kier molecular flexibility index (Phi) is 7.32. The quantitative estimate of drug-likeness (QED) is 0.154. The van der Waals surface area contributed by atoms with E-state index >= 15 is 0 Å². The molecule has 6 rings (SSSR count). The van der Waals surface area contributed by atoms with Crippen LogP contribution in [0, 0.1) is 10.1 Å². The maximum absolute atomic E-state index is 11.0. The van der Waals surface area contributed by atoms with E-state index in [2.05, 4.69) is 62.4 Å². The van der Waals surface area contributed by atoms with E-state index in [1.807, 2.05) is 24.4 Å². The van der Waals surface area contributed by atoms with Gasteiger partial charge in [0.15, 0.2) is 5.11 Å². The summed E-state index contributed by atoms with van der Waals surface area (Å²) in [7, 11) is 0. The molecule has 0 unspecified atom stereocenters. The average molecular weight is 558 g/mol. The van der Waals surface area contributed by atoms with Gasteiger partial charge in [-0.3, -0.25) is 15.1 Å². The standard InChI is InChI=1S/C29H27N5O3S2/c35-34(36)21-10-14-24(15-11-21)39-23-12-8-20(9-13-23)33-28(27(31-29(33)38)25-6-1-2-16-30-25)26-7-3-17-32(26)19-22-5-4-18-37-22/h1-3,6-17,22,27-28H,4-5,18-19H2,(H,31,38)/t22-,27-,28+/m1/s1. The van der Waals surface area contributed by atoms with Crippen LogP contribution in [0.3, 0.4) is 0 Å². The van der Waals surface area contributed by atoms with Crippen molar-refractivity contribution in [2.75, 3.05) is 11.5 Å². The monoisotopic (exact) mass is 557 g/mol. The van der Waals surface area contributed by atoms with Gasteiger partial charge >= 0.3 is 0 Å². The van der Waals surface area contributed by atoms with Crippen LogP contribution in [0.5, 0.6) is 0 Å². The summed E-state index contributed by atoms with van der Waals surface area (Å²) in [6.45, 7) is 1.63. The number of nitro benzene ring substituents is 1. The van der Waals surface area contributed by atoms with E-state index in [4.69, 9.17) is 17.0 Å². The highest BCUT2D eigenvalue weighted by molar-refractivity contribution is 7.99. The minimum absolute atomic E-state index is 0.0856. The fraction of sp³-hybridized carbons (Fsp3) is 0.241. The first kappa shape index (κ1) is 25.5. The molecule has 39 heavy (non-hydrogen) atoms. The van der Waals surface area contributed by atoms with Crippen molar-refractivity contribution < 1.29 is 9.66 Å². The first-order valence-corrected chi connectivity index (χ1v) is 14.1. The number of pyridine rings is 1. The molecule has 8 nitrogen and oxygen atoms in total. The van der Waals surface area contributed by atoms with E-state index in [-0.39, 0.29) is 28.8 Å². The summed E-state index contributed by atoms with van der Waals surface area (Å²) < 4.78 is 8.23. The molecule has 2 aliphatic rings. The van der Waals surface area contributed by atoms with Gasteiger partial charge in [-0.05, 0) is 85.7 Å². The lowest BCUT2D eigenvalue weighted by atomic mass is 10.0. The lowest BCUT2D eigenvalue weighted by Gasteiger charge is -2.29. The van der Waals surface area contributed by atoms with Crippen LogP contribution in [-0.2, 0) is 11.3 Å². The number of hydrogen-bond acceptors (Lipinski definition) is 6. The molecular weight excluding hydrogens is 530 g/mol. The first-order valence-electron chi connectivity index (χ1n) is 12.9. The molecule has 0 bridgehead atoms. The van der Waals surface area contributed by atoms with Gasteiger partial charge in [-0.1, -0.05) is 17.8 Å². The Morgan fingerprint density at radius 1 is 1.05 bits per heavy atom. The molecule has 2 fully saturated rings. The zero-order valence-electron chi connectivity index (χ0n) is 21.1. The summed E-state index contributed by atoms with van der Waals surface area (Å²) in [6.07, 6.45) is 6.32. The average Bonchev–Trinajstić information content (AvgIpc) is 3.71. The maximum Gasteiger partial charge on any atom is 0.269 e. The normalized spacial score (nSPS) is 20.8. The maximum atomic E-state index is 11.0. The summed E-state index contributed by atoms with van der Waals surface area (Å²) >= 11 is 7.46. The third kappa shape index (κ3) is 5.40. The fourth-order valence-electron chi connectivity index (χ4n) is 5.25. The van der Waals surface area contributed by atoms with Crippen molar-refractivity contribution in [3.8, 4) is 0 Å². The van der Waals surface area contributed by atoms with Gasteiger partial charge in [-0.2, -0.15) is 0 Å². The molecule has 2 aromatic carbocycles. The molecule has 2 aliphatic heterocycles. The zero-order valence-corrected chi connectivity index (χ0v) is 22.7.